The molecular weight excluding hydrogens is 240 g/mol. The summed E-state index contributed by atoms with van der Waals surface area (Å²) in [6.07, 6.45) is 5.27. The predicted octanol–water partition coefficient (Wildman–Crippen LogP) is 0.996. The van der Waals surface area contributed by atoms with Gasteiger partial charge >= 0.3 is 0 Å². The SMILES string of the molecule is CCc1cc(N2CCOCC2CNC2CC2)ncn1. The number of nitrogens with one attached hydrogen (secondary N) is 1. The first-order valence-electron chi connectivity index (χ1n) is 7.25. The molecule has 104 valence electrons. The van der Waals surface area contributed by atoms with E-state index in [1.807, 2.05) is 0 Å². The lowest BCUT2D eigenvalue weighted by atomic mass is 10.2. The van der Waals surface area contributed by atoms with Crippen molar-refractivity contribution in [2.75, 3.05) is 31.2 Å². The highest BCUT2D eigenvalue weighted by atomic mass is 16.5. The van der Waals surface area contributed by atoms with Gasteiger partial charge in [0.15, 0.2) is 0 Å². The number of aromatic nitrogens is 2. The minimum Gasteiger partial charge on any atom is -0.377 e. The van der Waals surface area contributed by atoms with E-state index in [1.165, 1.54) is 12.8 Å². The summed E-state index contributed by atoms with van der Waals surface area (Å²) in [5.74, 6) is 1.04. The molecular formula is C14H22N4O. The van der Waals surface area contributed by atoms with E-state index in [4.69, 9.17) is 4.74 Å². The first-order valence-corrected chi connectivity index (χ1v) is 7.25. The molecule has 2 fully saturated rings. The molecule has 19 heavy (non-hydrogen) atoms. The summed E-state index contributed by atoms with van der Waals surface area (Å²) < 4.78 is 5.62. The summed E-state index contributed by atoms with van der Waals surface area (Å²) in [4.78, 5) is 11.1. The molecule has 0 spiro atoms. The monoisotopic (exact) mass is 262 g/mol. The Bertz CT molecular complexity index is 422. The molecule has 1 aliphatic heterocycles. The summed E-state index contributed by atoms with van der Waals surface area (Å²) in [5.41, 5.74) is 1.10. The topological polar surface area (TPSA) is 50.3 Å². The van der Waals surface area contributed by atoms with Crippen molar-refractivity contribution < 1.29 is 4.74 Å². The number of aryl methyl sites for hydroxylation is 1. The van der Waals surface area contributed by atoms with Crippen LogP contribution in [0.1, 0.15) is 25.5 Å². The number of ether oxygens (including phenoxy) is 1. The van der Waals surface area contributed by atoms with E-state index in [0.29, 0.717) is 6.04 Å². The van der Waals surface area contributed by atoms with Crippen molar-refractivity contribution in [2.24, 2.45) is 0 Å². The number of morpholine rings is 1. The van der Waals surface area contributed by atoms with Crippen LogP contribution in [0.25, 0.3) is 0 Å². The number of rotatable bonds is 5. The van der Waals surface area contributed by atoms with Gasteiger partial charge in [0.2, 0.25) is 0 Å². The molecule has 5 heteroatoms. The fourth-order valence-corrected chi connectivity index (χ4v) is 2.45. The van der Waals surface area contributed by atoms with Crippen molar-refractivity contribution in [3.05, 3.63) is 18.1 Å². The zero-order valence-corrected chi connectivity index (χ0v) is 11.5. The molecule has 1 atom stereocenters. The van der Waals surface area contributed by atoms with Crippen LogP contribution < -0.4 is 10.2 Å². The van der Waals surface area contributed by atoms with Gasteiger partial charge in [0.05, 0.1) is 19.3 Å². The van der Waals surface area contributed by atoms with Crippen molar-refractivity contribution in [2.45, 2.75) is 38.3 Å². The summed E-state index contributed by atoms with van der Waals surface area (Å²) in [7, 11) is 0. The molecule has 0 aromatic carbocycles. The van der Waals surface area contributed by atoms with Gasteiger partial charge < -0.3 is 15.0 Å². The summed E-state index contributed by atoms with van der Waals surface area (Å²) in [6.45, 7) is 5.58. The lowest BCUT2D eigenvalue weighted by Crippen LogP contribution is -2.51. The zero-order valence-electron chi connectivity index (χ0n) is 11.5. The normalized spacial score (nSPS) is 23.6. The Morgan fingerprint density at radius 1 is 1.42 bits per heavy atom. The van der Waals surface area contributed by atoms with Gasteiger partial charge in [-0.1, -0.05) is 6.92 Å². The lowest BCUT2D eigenvalue weighted by molar-refractivity contribution is 0.0932. The highest BCUT2D eigenvalue weighted by molar-refractivity contribution is 5.41. The Labute approximate surface area is 114 Å². The Morgan fingerprint density at radius 3 is 3.11 bits per heavy atom. The van der Waals surface area contributed by atoms with E-state index in [2.05, 4.69) is 33.2 Å². The van der Waals surface area contributed by atoms with E-state index in [9.17, 15) is 0 Å². The molecule has 0 amide bonds. The van der Waals surface area contributed by atoms with Gasteiger partial charge in [-0.25, -0.2) is 9.97 Å². The third-order valence-corrected chi connectivity index (χ3v) is 3.81. The molecule has 1 saturated heterocycles. The van der Waals surface area contributed by atoms with Crippen LogP contribution in [0.2, 0.25) is 0 Å². The smallest absolute Gasteiger partial charge is 0.132 e. The van der Waals surface area contributed by atoms with Crippen LogP contribution >= 0.6 is 0 Å². The Balaban J connectivity index is 1.70. The molecule has 5 nitrogen and oxygen atoms in total. The standard InChI is InChI=1S/C14H22N4O/c1-2-11-7-14(17-10-16-11)18-5-6-19-9-13(18)8-15-12-3-4-12/h7,10,12-13,15H,2-6,8-9H2,1H3. The third-order valence-electron chi connectivity index (χ3n) is 3.81. The quantitative estimate of drug-likeness (QED) is 0.858. The molecule has 1 aromatic heterocycles. The molecule has 1 aromatic rings. The first kappa shape index (κ1) is 12.8. The van der Waals surface area contributed by atoms with Gasteiger partial charge in [0, 0.05) is 30.9 Å². The van der Waals surface area contributed by atoms with E-state index in [-0.39, 0.29) is 0 Å². The van der Waals surface area contributed by atoms with Gasteiger partial charge in [-0.3, -0.25) is 0 Å². The molecule has 1 saturated carbocycles. The van der Waals surface area contributed by atoms with Crippen molar-refractivity contribution in [1.29, 1.82) is 0 Å². The largest absolute Gasteiger partial charge is 0.377 e. The second kappa shape index (κ2) is 5.84. The number of nitrogens with zero attached hydrogens (tertiary/aromatic N) is 3. The van der Waals surface area contributed by atoms with E-state index < -0.39 is 0 Å². The van der Waals surface area contributed by atoms with Crippen LogP contribution in [-0.2, 0) is 11.2 Å². The molecule has 0 bridgehead atoms. The van der Waals surface area contributed by atoms with Crippen molar-refractivity contribution in [1.82, 2.24) is 15.3 Å². The van der Waals surface area contributed by atoms with Crippen molar-refractivity contribution in [3.8, 4) is 0 Å². The fourth-order valence-electron chi connectivity index (χ4n) is 2.45. The molecule has 2 heterocycles. The van der Waals surface area contributed by atoms with E-state index >= 15 is 0 Å². The van der Waals surface area contributed by atoms with Crippen LogP contribution in [0.4, 0.5) is 5.82 Å². The summed E-state index contributed by atoms with van der Waals surface area (Å²) in [5, 5.41) is 3.59. The average Bonchev–Trinajstić information content (AvgIpc) is 3.30. The minimum absolute atomic E-state index is 0.383. The van der Waals surface area contributed by atoms with Gasteiger partial charge in [-0.15, -0.1) is 0 Å². The fraction of sp³-hybridized carbons (Fsp3) is 0.714. The van der Waals surface area contributed by atoms with Crippen LogP contribution in [-0.4, -0.2) is 48.4 Å². The molecule has 2 aliphatic rings. The summed E-state index contributed by atoms with van der Waals surface area (Å²) in [6, 6.07) is 3.23. The Morgan fingerprint density at radius 2 is 2.32 bits per heavy atom. The van der Waals surface area contributed by atoms with Crippen LogP contribution in [0.5, 0.6) is 0 Å². The van der Waals surface area contributed by atoms with E-state index in [1.54, 1.807) is 6.33 Å². The van der Waals surface area contributed by atoms with Gasteiger partial charge in [-0.05, 0) is 19.3 Å². The lowest BCUT2D eigenvalue weighted by Gasteiger charge is -2.36. The molecule has 1 unspecified atom stereocenters. The van der Waals surface area contributed by atoms with Crippen LogP contribution in [0.15, 0.2) is 12.4 Å². The number of hydrogen-bond acceptors (Lipinski definition) is 5. The second-order valence-electron chi connectivity index (χ2n) is 5.33. The van der Waals surface area contributed by atoms with Gasteiger partial charge in [-0.2, -0.15) is 0 Å². The third kappa shape index (κ3) is 3.22. The number of anilines is 1. The zero-order chi connectivity index (χ0) is 13.1. The van der Waals surface area contributed by atoms with E-state index in [0.717, 1.165) is 50.3 Å². The highest BCUT2D eigenvalue weighted by Crippen LogP contribution is 2.21. The second-order valence-corrected chi connectivity index (χ2v) is 5.33. The molecule has 0 radical (unpaired) electrons. The maximum atomic E-state index is 5.62. The predicted molar refractivity (Wildman–Crippen MR) is 74.4 cm³/mol. The average molecular weight is 262 g/mol. The van der Waals surface area contributed by atoms with Crippen molar-refractivity contribution >= 4 is 5.82 Å². The van der Waals surface area contributed by atoms with Crippen LogP contribution in [0, 0.1) is 0 Å². The maximum Gasteiger partial charge on any atom is 0.132 e. The highest BCUT2D eigenvalue weighted by Gasteiger charge is 2.27. The molecule has 1 N–H and O–H groups in total. The summed E-state index contributed by atoms with van der Waals surface area (Å²) >= 11 is 0. The first-order chi connectivity index (χ1) is 9.36. The Kier molecular flexibility index (Phi) is 3.94. The molecule has 3 rings (SSSR count). The maximum absolute atomic E-state index is 5.62. The van der Waals surface area contributed by atoms with Gasteiger partial charge in [0.25, 0.3) is 0 Å². The minimum atomic E-state index is 0.383. The van der Waals surface area contributed by atoms with Crippen molar-refractivity contribution in [3.63, 3.8) is 0 Å². The number of hydrogen-bond donors (Lipinski definition) is 1. The Hall–Kier alpha value is -1.20. The molecule has 1 aliphatic carbocycles. The van der Waals surface area contributed by atoms with Gasteiger partial charge in [0.1, 0.15) is 12.1 Å². The van der Waals surface area contributed by atoms with Crippen LogP contribution in [0.3, 0.4) is 0 Å².